The number of carbonyl (C=O) groups is 1. The van der Waals surface area contributed by atoms with E-state index in [-0.39, 0.29) is 58.9 Å². The third-order valence-electron chi connectivity index (χ3n) is 13.8. The van der Waals surface area contributed by atoms with Gasteiger partial charge in [-0.15, -0.1) is 0 Å². The Balaban J connectivity index is 1.09. The number of halogens is 3. The fourth-order valence-electron chi connectivity index (χ4n) is 10.7. The van der Waals surface area contributed by atoms with Crippen LogP contribution in [0.25, 0.3) is 32.9 Å². The van der Waals surface area contributed by atoms with Gasteiger partial charge in [-0.1, -0.05) is 35.3 Å². The molecule has 1 N–H and O–H groups in total. The standard InChI is InChI=1S/C45H44Cl2FN7O2/c1-23-32-18-36(43-28-14-30(54(43)45(56)25-9-10-25)21-53(20-28)29-11-13-50-37(17-29)57-22-24-7-8-24)55(42-27-16-35(42)51-19-27)44(32)33-15-26(4-3-12-49)38(40(48)41(33)52-23)31-5-2-6-34(46)39(31)47/h2,5-6,11,13,15,17-18,24-25,27-28,30,35,42-43,51H,3-4,7-10,14,16,19-22H2,1H3. The van der Waals surface area contributed by atoms with Crippen molar-refractivity contribution in [2.45, 2.75) is 82.5 Å². The van der Waals surface area contributed by atoms with Gasteiger partial charge in [0.15, 0.2) is 5.82 Å². The number of nitriles is 1. The zero-order valence-electron chi connectivity index (χ0n) is 31.9. The van der Waals surface area contributed by atoms with E-state index in [4.69, 9.17) is 32.9 Å². The van der Waals surface area contributed by atoms with E-state index in [1.54, 1.807) is 18.2 Å². The zero-order valence-corrected chi connectivity index (χ0v) is 33.4. The number of hydrogen-bond donors (Lipinski definition) is 1. The molecule has 5 aromatic rings. The van der Waals surface area contributed by atoms with Gasteiger partial charge >= 0.3 is 0 Å². The highest BCUT2D eigenvalue weighted by atomic mass is 35.5. The Labute approximate surface area is 341 Å². The number of hydrogen-bond acceptors (Lipinski definition) is 7. The van der Waals surface area contributed by atoms with Crippen LogP contribution in [0.1, 0.15) is 74.0 Å². The van der Waals surface area contributed by atoms with Crippen LogP contribution in [0, 0.1) is 47.7 Å². The second kappa shape index (κ2) is 13.6. The van der Waals surface area contributed by atoms with Gasteiger partial charge in [0, 0.05) is 95.2 Å². The van der Waals surface area contributed by atoms with Gasteiger partial charge in [-0.25, -0.2) is 14.4 Å². The number of nitrogens with zero attached hydrogens (tertiary/aromatic N) is 6. The molecule has 292 valence electrons. The van der Waals surface area contributed by atoms with Crippen molar-refractivity contribution in [2.75, 3.05) is 31.1 Å². The van der Waals surface area contributed by atoms with Gasteiger partial charge in [0.05, 0.1) is 46.4 Å². The fraction of sp³-hybridized carbons (Fsp3) is 0.467. The van der Waals surface area contributed by atoms with E-state index in [2.05, 4.69) is 48.9 Å². The van der Waals surface area contributed by atoms with Crippen molar-refractivity contribution >= 4 is 56.6 Å². The van der Waals surface area contributed by atoms with Crippen LogP contribution in [0.15, 0.2) is 48.7 Å². The lowest BCUT2D eigenvalue weighted by Crippen LogP contribution is -2.45. The second-order valence-corrected chi connectivity index (χ2v) is 18.2. The van der Waals surface area contributed by atoms with E-state index in [0.717, 1.165) is 78.7 Å². The van der Waals surface area contributed by atoms with Gasteiger partial charge in [0.2, 0.25) is 11.8 Å². The molecule has 12 rings (SSSR count). The summed E-state index contributed by atoms with van der Waals surface area (Å²) in [7, 11) is 0. The van der Waals surface area contributed by atoms with E-state index in [1.807, 2.05) is 19.2 Å². The van der Waals surface area contributed by atoms with Crippen molar-refractivity contribution in [1.29, 1.82) is 5.26 Å². The van der Waals surface area contributed by atoms with E-state index >= 15 is 4.39 Å². The second-order valence-electron chi connectivity index (χ2n) is 17.4. The molecule has 0 radical (unpaired) electrons. The molecule has 3 aliphatic carbocycles. The van der Waals surface area contributed by atoms with E-state index in [9.17, 15) is 10.1 Å². The number of nitrogens with one attached hydrogen (secondary N) is 1. The maximum absolute atomic E-state index is 17.4. The number of ether oxygens (including phenoxy) is 1. The average molecular weight is 805 g/mol. The van der Waals surface area contributed by atoms with Gasteiger partial charge < -0.3 is 24.4 Å². The number of aryl methyl sites for hydroxylation is 2. The molecule has 2 aromatic carbocycles. The van der Waals surface area contributed by atoms with Gasteiger partial charge in [-0.3, -0.25) is 4.79 Å². The predicted molar refractivity (Wildman–Crippen MR) is 219 cm³/mol. The Kier molecular flexibility index (Phi) is 8.50. The number of anilines is 1. The highest BCUT2D eigenvalue weighted by Crippen LogP contribution is 2.54. The number of fused-ring (bicyclic) bond motifs is 6. The van der Waals surface area contributed by atoms with Crippen molar-refractivity contribution in [3.05, 3.63) is 81.5 Å². The van der Waals surface area contributed by atoms with Crippen LogP contribution in [-0.2, 0) is 11.2 Å². The van der Waals surface area contributed by atoms with E-state index < -0.39 is 5.82 Å². The number of rotatable bonds is 10. The molecular weight excluding hydrogens is 760 g/mol. The number of pyridine rings is 2. The van der Waals surface area contributed by atoms with Gasteiger partial charge in [-0.05, 0) is 93.5 Å². The molecule has 4 saturated heterocycles. The van der Waals surface area contributed by atoms with Crippen LogP contribution in [0.3, 0.4) is 0 Å². The topological polar surface area (TPSA) is 99.3 Å². The third-order valence-corrected chi connectivity index (χ3v) is 14.6. The molecule has 1 amide bonds. The Morgan fingerprint density at radius 2 is 1.93 bits per heavy atom. The number of amides is 1. The SMILES string of the molecule is Cc1nc2c(F)c(-c3cccc(Cl)c3Cl)c(CCC#N)cc2c2c1cc(C1C3CC(CN(c4ccnc(OCC5CC5)c4)C3)N1C(=O)C1CC1)n2C1C2CNC1C2. The van der Waals surface area contributed by atoms with Crippen LogP contribution >= 0.6 is 23.2 Å². The van der Waals surface area contributed by atoms with Crippen molar-refractivity contribution in [3.63, 3.8) is 0 Å². The first-order chi connectivity index (χ1) is 27.8. The summed E-state index contributed by atoms with van der Waals surface area (Å²) in [5.74, 6) is 1.77. The smallest absolute Gasteiger partial charge is 0.226 e. The molecule has 9 nitrogen and oxygen atoms in total. The molecule has 12 heteroatoms. The van der Waals surface area contributed by atoms with Crippen LogP contribution < -0.4 is 15.0 Å². The summed E-state index contributed by atoms with van der Waals surface area (Å²) in [4.78, 5) is 28.8. The Morgan fingerprint density at radius 1 is 1.07 bits per heavy atom. The van der Waals surface area contributed by atoms with Crippen molar-refractivity contribution in [2.24, 2.45) is 23.7 Å². The first-order valence-corrected chi connectivity index (χ1v) is 21.4. The molecule has 7 aliphatic rings. The molecule has 4 aliphatic heterocycles. The first kappa shape index (κ1) is 35.7. The quantitative estimate of drug-likeness (QED) is 0.151. The number of likely N-dealkylation sites (tertiary alicyclic amines) is 1. The fourth-order valence-corrected chi connectivity index (χ4v) is 11.1. The normalized spacial score (nSPS) is 26.3. The maximum atomic E-state index is 17.4. The molecular formula is C45H44Cl2FN7O2. The molecule has 3 aromatic heterocycles. The number of carbonyl (C=O) groups excluding carboxylic acids is 1. The molecule has 6 unspecified atom stereocenters. The Bertz CT molecular complexity index is 2510. The molecule has 57 heavy (non-hydrogen) atoms. The van der Waals surface area contributed by atoms with Crippen LogP contribution in [-0.4, -0.2) is 63.7 Å². The van der Waals surface area contributed by atoms with Crippen molar-refractivity contribution in [3.8, 4) is 23.1 Å². The lowest BCUT2D eigenvalue weighted by atomic mass is 9.79. The van der Waals surface area contributed by atoms with Crippen molar-refractivity contribution < 1.29 is 13.9 Å². The van der Waals surface area contributed by atoms with E-state index in [0.29, 0.717) is 52.5 Å². The first-order valence-electron chi connectivity index (χ1n) is 20.6. The third kappa shape index (κ3) is 5.82. The number of benzene rings is 2. The summed E-state index contributed by atoms with van der Waals surface area (Å²) in [5.41, 5.74) is 5.69. The maximum Gasteiger partial charge on any atom is 0.226 e. The monoisotopic (exact) mass is 803 g/mol. The molecule has 4 bridgehead atoms. The Hall–Kier alpha value is -4.43. The highest BCUT2D eigenvalue weighted by molar-refractivity contribution is 6.43. The van der Waals surface area contributed by atoms with Crippen molar-refractivity contribution in [1.82, 2.24) is 24.8 Å². The minimum atomic E-state index is -0.464. The van der Waals surface area contributed by atoms with Crippen LogP contribution in [0.4, 0.5) is 10.1 Å². The number of aromatic nitrogens is 3. The minimum absolute atomic E-state index is 0.0598. The zero-order chi connectivity index (χ0) is 38.7. The lowest BCUT2D eigenvalue weighted by molar-refractivity contribution is -0.135. The molecule has 6 atom stereocenters. The number of piperidine rings is 1. The summed E-state index contributed by atoms with van der Waals surface area (Å²) >= 11 is 13.2. The average Bonchev–Trinajstić information content (AvgIpc) is 4.09. The largest absolute Gasteiger partial charge is 0.477 e. The lowest BCUT2D eigenvalue weighted by Gasteiger charge is -2.40. The van der Waals surface area contributed by atoms with Gasteiger partial charge in [-0.2, -0.15) is 5.26 Å². The summed E-state index contributed by atoms with van der Waals surface area (Å²) in [5, 5.41) is 15.8. The summed E-state index contributed by atoms with van der Waals surface area (Å²) < 4.78 is 26.0. The molecule has 7 fully saturated rings. The van der Waals surface area contributed by atoms with Gasteiger partial charge in [0.1, 0.15) is 5.52 Å². The summed E-state index contributed by atoms with van der Waals surface area (Å²) in [6, 6.07) is 16.3. The van der Waals surface area contributed by atoms with Crippen LogP contribution in [0.2, 0.25) is 10.0 Å². The van der Waals surface area contributed by atoms with E-state index in [1.165, 1.54) is 12.8 Å². The summed E-state index contributed by atoms with van der Waals surface area (Å²) in [6.45, 7) is 5.15. The molecule has 7 heterocycles. The van der Waals surface area contributed by atoms with Gasteiger partial charge in [0.25, 0.3) is 0 Å². The predicted octanol–water partition coefficient (Wildman–Crippen LogP) is 8.97. The molecule has 0 spiro atoms. The van der Waals surface area contributed by atoms with Crippen LogP contribution in [0.5, 0.6) is 5.88 Å². The minimum Gasteiger partial charge on any atom is -0.477 e. The molecule has 3 saturated carbocycles. The highest BCUT2D eigenvalue weighted by Gasteiger charge is 2.55. The Morgan fingerprint density at radius 3 is 2.68 bits per heavy atom. The summed E-state index contributed by atoms with van der Waals surface area (Å²) in [6.07, 6.45) is 8.73.